The van der Waals surface area contributed by atoms with E-state index < -0.39 is 16.6 Å². The van der Waals surface area contributed by atoms with Crippen molar-refractivity contribution in [3.8, 4) is 0 Å². The minimum absolute atomic E-state index is 0.0824. The second-order valence-electron chi connectivity index (χ2n) is 5.27. The highest BCUT2D eigenvalue weighted by molar-refractivity contribution is 6.20. The molecule has 2 aromatic carbocycles. The zero-order valence-electron chi connectivity index (χ0n) is 12.4. The highest BCUT2D eigenvalue weighted by Gasteiger charge is 2.49. The number of rotatable bonds is 4. The van der Waals surface area contributed by atoms with Gasteiger partial charge < -0.3 is 10.2 Å². The van der Waals surface area contributed by atoms with Crippen molar-refractivity contribution in [1.29, 1.82) is 0 Å². The Morgan fingerprint density at radius 1 is 1.08 bits per heavy atom. The van der Waals surface area contributed by atoms with Crippen LogP contribution in [0.1, 0.15) is 11.1 Å². The third kappa shape index (κ3) is 2.75. The van der Waals surface area contributed by atoms with Crippen molar-refractivity contribution in [2.45, 2.75) is 12.3 Å². The average molecular weight is 327 g/mol. The minimum atomic E-state index is -2.77. The molecule has 1 aliphatic rings. The summed E-state index contributed by atoms with van der Waals surface area (Å²) < 4.78 is 0. The number of aliphatic hydroxyl groups is 2. The summed E-state index contributed by atoms with van der Waals surface area (Å²) in [7, 11) is 0. The SMILES string of the molecule is O=C1N(Cc2ccccc2)N=C(c2ccc([N+](=O)[O-])cc2)C1(O)O. The molecule has 1 heterocycles. The van der Waals surface area contributed by atoms with Crippen LogP contribution in [-0.4, -0.2) is 37.6 Å². The van der Waals surface area contributed by atoms with Crippen molar-refractivity contribution in [2.75, 3.05) is 0 Å². The summed E-state index contributed by atoms with van der Waals surface area (Å²) in [5, 5.41) is 35.8. The van der Waals surface area contributed by atoms with E-state index in [2.05, 4.69) is 5.10 Å². The highest BCUT2D eigenvalue weighted by atomic mass is 16.6. The summed E-state index contributed by atoms with van der Waals surface area (Å²) >= 11 is 0. The first kappa shape index (κ1) is 15.8. The van der Waals surface area contributed by atoms with Crippen LogP contribution in [0.3, 0.4) is 0 Å². The lowest BCUT2D eigenvalue weighted by atomic mass is 10.0. The van der Waals surface area contributed by atoms with Crippen LogP contribution in [0, 0.1) is 10.1 Å². The second kappa shape index (κ2) is 5.84. The van der Waals surface area contributed by atoms with E-state index in [0.717, 1.165) is 10.6 Å². The Kier molecular flexibility index (Phi) is 3.84. The molecule has 0 bridgehead atoms. The predicted molar refractivity (Wildman–Crippen MR) is 83.8 cm³/mol. The maximum absolute atomic E-state index is 12.2. The molecule has 0 radical (unpaired) electrons. The molecule has 0 spiro atoms. The number of nitrogens with zero attached hydrogens (tertiary/aromatic N) is 3. The van der Waals surface area contributed by atoms with E-state index in [-0.39, 0.29) is 23.5 Å². The number of carbonyl (C=O) groups excluding carboxylic acids is 1. The van der Waals surface area contributed by atoms with Gasteiger partial charge in [-0.2, -0.15) is 5.10 Å². The van der Waals surface area contributed by atoms with Crippen molar-refractivity contribution in [3.05, 3.63) is 75.8 Å². The molecule has 0 atom stereocenters. The maximum Gasteiger partial charge on any atom is 0.309 e. The molecule has 1 amide bonds. The maximum atomic E-state index is 12.2. The van der Waals surface area contributed by atoms with Gasteiger partial charge in [0.05, 0.1) is 11.5 Å². The molecule has 2 aromatic rings. The van der Waals surface area contributed by atoms with E-state index in [0.29, 0.717) is 0 Å². The van der Waals surface area contributed by atoms with Gasteiger partial charge in [-0.3, -0.25) is 14.9 Å². The molecule has 3 rings (SSSR count). The monoisotopic (exact) mass is 327 g/mol. The smallest absolute Gasteiger partial charge is 0.309 e. The molecule has 1 aliphatic heterocycles. The van der Waals surface area contributed by atoms with Gasteiger partial charge in [0.15, 0.2) is 0 Å². The van der Waals surface area contributed by atoms with Crippen molar-refractivity contribution >= 4 is 17.3 Å². The number of carbonyl (C=O) groups is 1. The number of non-ortho nitro benzene ring substituents is 1. The van der Waals surface area contributed by atoms with Gasteiger partial charge in [0.2, 0.25) is 0 Å². The number of hydrogen-bond acceptors (Lipinski definition) is 6. The van der Waals surface area contributed by atoms with Crippen molar-refractivity contribution in [3.63, 3.8) is 0 Å². The van der Waals surface area contributed by atoms with Crippen molar-refractivity contribution in [1.82, 2.24) is 5.01 Å². The zero-order valence-corrected chi connectivity index (χ0v) is 12.4. The summed E-state index contributed by atoms with van der Waals surface area (Å²) in [5.41, 5.74) is 0.578. The number of hydrazone groups is 1. The molecule has 0 fully saturated rings. The molecule has 0 saturated heterocycles. The standard InChI is InChI=1S/C16H13N3O5/c20-15-16(21,22)14(12-6-8-13(9-7-12)19(23)24)17-18(15)10-11-4-2-1-3-5-11/h1-9,21-22H,10H2. The largest absolute Gasteiger partial charge is 0.353 e. The Balaban J connectivity index is 1.92. The fourth-order valence-corrected chi connectivity index (χ4v) is 2.38. The summed E-state index contributed by atoms with van der Waals surface area (Å²) in [5.74, 6) is -3.75. The molecule has 122 valence electrons. The van der Waals surface area contributed by atoms with Crippen LogP contribution in [0.4, 0.5) is 5.69 Å². The summed E-state index contributed by atoms with van der Waals surface area (Å²) in [4.78, 5) is 22.3. The first-order chi connectivity index (χ1) is 11.4. The van der Waals surface area contributed by atoms with Gasteiger partial charge in [0.1, 0.15) is 5.71 Å². The zero-order chi connectivity index (χ0) is 17.3. The Labute approximate surface area is 136 Å². The van der Waals surface area contributed by atoms with Crippen LogP contribution in [0.5, 0.6) is 0 Å². The van der Waals surface area contributed by atoms with E-state index in [1.54, 1.807) is 24.3 Å². The third-order valence-electron chi connectivity index (χ3n) is 3.61. The lowest BCUT2D eigenvalue weighted by molar-refractivity contribution is -0.384. The lowest BCUT2D eigenvalue weighted by Gasteiger charge is -2.17. The fourth-order valence-electron chi connectivity index (χ4n) is 2.38. The average Bonchev–Trinajstić information content (AvgIpc) is 2.79. The number of amides is 1. The normalized spacial score (nSPS) is 16.2. The first-order valence-corrected chi connectivity index (χ1v) is 7.04. The van der Waals surface area contributed by atoms with Crippen LogP contribution < -0.4 is 0 Å². The molecule has 0 aromatic heterocycles. The molecule has 0 unspecified atom stereocenters. The van der Waals surface area contributed by atoms with Gasteiger partial charge in [0.25, 0.3) is 11.5 Å². The van der Waals surface area contributed by atoms with Crippen LogP contribution in [-0.2, 0) is 11.3 Å². The van der Waals surface area contributed by atoms with Crippen LogP contribution in [0.2, 0.25) is 0 Å². The summed E-state index contributed by atoms with van der Waals surface area (Å²) in [6.07, 6.45) is 0. The lowest BCUT2D eigenvalue weighted by Crippen LogP contribution is -2.46. The Bertz CT molecular complexity index is 815. The first-order valence-electron chi connectivity index (χ1n) is 7.04. The molecule has 0 saturated carbocycles. The summed E-state index contributed by atoms with van der Waals surface area (Å²) in [6, 6.07) is 14.0. The van der Waals surface area contributed by atoms with Crippen molar-refractivity contribution in [2.24, 2.45) is 5.10 Å². The van der Waals surface area contributed by atoms with Gasteiger partial charge in [0, 0.05) is 17.7 Å². The highest BCUT2D eigenvalue weighted by Crippen LogP contribution is 2.25. The van der Waals surface area contributed by atoms with Crippen LogP contribution in [0.25, 0.3) is 0 Å². The number of nitro benzene ring substituents is 1. The third-order valence-corrected chi connectivity index (χ3v) is 3.61. The van der Waals surface area contributed by atoms with Crippen LogP contribution >= 0.6 is 0 Å². The molecule has 2 N–H and O–H groups in total. The van der Waals surface area contributed by atoms with Gasteiger partial charge in [-0.25, -0.2) is 5.01 Å². The molecule has 8 heteroatoms. The van der Waals surface area contributed by atoms with Crippen LogP contribution in [0.15, 0.2) is 59.7 Å². The fraction of sp³-hybridized carbons (Fsp3) is 0.125. The minimum Gasteiger partial charge on any atom is -0.353 e. The van der Waals surface area contributed by atoms with Gasteiger partial charge in [-0.15, -0.1) is 0 Å². The van der Waals surface area contributed by atoms with Gasteiger partial charge in [-0.1, -0.05) is 30.3 Å². The Hall–Kier alpha value is -3.10. The van der Waals surface area contributed by atoms with Gasteiger partial charge >= 0.3 is 5.91 Å². The second-order valence-corrected chi connectivity index (χ2v) is 5.27. The van der Waals surface area contributed by atoms with E-state index >= 15 is 0 Å². The number of hydrogen-bond donors (Lipinski definition) is 2. The molecule has 0 aliphatic carbocycles. The molecule has 24 heavy (non-hydrogen) atoms. The number of benzene rings is 2. The topological polar surface area (TPSA) is 116 Å². The Morgan fingerprint density at radius 3 is 2.29 bits per heavy atom. The number of nitro groups is 1. The van der Waals surface area contributed by atoms with Gasteiger partial charge in [-0.05, 0) is 17.7 Å². The molecular weight excluding hydrogens is 314 g/mol. The van der Waals surface area contributed by atoms with E-state index in [1.165, 1.54) is 24.3 Å². The molecule has 8 nitrogen and oxygen atoms in total. The summed E-state index contributed by atoms with van der Waals surface area (Å²) in [6.45, 7) is 0.0824. The van der Waals surface area contributed by atoms with E-state index in [1.807, 2.05) is 6.07 Å². The van der Waals surface area contributed by atoms with E-state index in [9.17, 15) is 25.1 Å². The predicted octanol–water partition coefficient (Wildman–Crippen LogP) is 1.02. The van der Waals surface area contributed by atoms with Crippen molar-refractivity contribution < 1.29 is 19.9 Å². The van der Waals surface area contributed by atoms with E-state index in [4.69, 9.17) is 0 Å². The molecular formula is C16H13N3O5. The Morgan fingerprint density at radius 2 is 1.71 bits per heavy atom. The quantitative estimate of drug-likeness (QED) is 0.494.